The van der Waals surface area contributed by atoms with E-state index in [1.54, 1.807) is 6.07 Å². The Morgan fingerprint density at radius 1 is 1.23 bits per heavy atom. The normalized spacial score (nSPS) is 24.9. The van der Waals surface area contributed by atoms with Gasteiger partial charge in [-0.2, -0.15) is 0 Å². The van der Waals surface area contributed by atoms with Gasteiger partial charge < -0.3 is 10.0 Å². The summed E-state index contributed by atoms with van der Waals surface area (Å²) in [4.78, 5) is 14.7. The van der Waals surface area contributed by atoms with E-state index in [0.717, 1.165) is 19.4 Å². The Hall–Kier alpha value is -2.20. The molecule has 2 unspecified atom stereocenters. The van der Waals surface area contributed by atoms with Gasteiger partial charge in [0.2, 0.25) is 0 Å². The minimum absolute atomic E-state index is 0.125. The molecule has 2 aromatic carbocycles. The first-order valence-corrected chi connectivity index (χ1v) is 9.18. The molecule has 1 aliphatic carbocycles. The summed E-state index contributed by atoms with van der Waals surface area (Å²) in [5, 5.41) is 9.99. The summed E-state index contributed by atoms with van der Waals surface area (Å²) >= 11 is 0. The molecule has 1 saturated carbocycles. The van der Waals surface area contributed by atoms with E-state index >= 15 is 0 Å². The fraction of sp³-hybridized carbons (Fsp3) is 0.409. The molecule has 0 aromatic heterocycles. The largest absolute Gasteiger partial charge is 0.386 e. The molecule has 2 atom stereocenters. The Balaban J connectivity index is 1.49. The van der Waals surface area contributed by atoms with Crippen LogP contribution in [0.2, 0.25) is 0 Å². The van der Waals surface area contributed by atoms with Gasteiger partial charge in [0.1, 0.15) is 5.82 Å². The topological polar surface area (TPSA) is 40.5 Å². The van der Waals surface area contributed by atoms with Crippen molar-refractivity contribution in [2.75, 3.05) is 13.1 Å². The number of aliphatic hydroxyl groups is 1. The maximum absolute atomic E-state index is 14.3. The first kappa shape index (κ1) is 17.2. The highest BCUT2D eigenvalue weighted by molar-refractivity contribution is 5.94. The summed E-state index contributed by atoms with van der Waals surface area (Å²) in [5.74, 6) is -0.173. The summed E-state index contributed by atoms with van der Waals surface area (Å²) in [6.07, 6.45) is 2.07. The molecule has 1 amide bonds. The second kappa shape index (κ2) is 5.92. The van der Waals surface area contributed by atoms with Crippen LogP contribution >= 0.6 is 0 Å². The summed E-state index contributed by atoms with van der Waals surface area (Å²) in [6.45, 7) is 4.49. The summed E-state index contributed by atoms with van der Waals surface area (Å²) in [7, 11) is 0. The predicted octanol–water partition coefficient (Wildman–Crippen LogP) is 3.86. The first-order chi connectivity index (χ1) is 12.3. The van der Waals surface area contributed by atoms with Gasteiger partial charge >= 0.3 is 0 Å². The second-order valence-electron chi connectivity index (χ2n) is 8.18. The van der Waals surface area contributed by atoms with E-state index in [-0.39, 0.29) is 16.9 Å². The van der Waals surface area contributed by atoms with Crippen LogP contribution in [0.25, 0.3) is 0 Å². The number of hydrogen-bond donors (Lipinski definition) is 1. The van der Waals surface area contributed by atoms with Crippen LogP contribution < -0.4 is 0 Å². The van der Waals surface area contributed by atoms with Crippen LogP contribution in [-0.4, -0.2) is 29.0 Å². The Bertz CT molecular complexity index is 843. The highest BCUT2D eigenvalue weighted by atomic mass is 19.1. The van der Waals surface area contributed by atoms with Gasteiger partial charge in [0.05, 0.1) is 5.60 Å². The number of amides is 1. The van der Waals surface area contributed by atoms with Crippen molar-refractivity contribution in [3.63, 3.8) is 0 Å². The Kier molecular flexibility index (Phi) is 3.92. The molecule has 136 valence electrons. The molecule has 1 heterocycles. The third-order valence-corrected chi connectivity index (χ3v) is 6.01. The van der Waals surface area contributed by atoms with E-state index in [1.807, 2.05) is 11.0 Å². The SMILES string of the molecule is CC(C)(O)c1ccc(C(=O)N2CCC3(c4ccccc4)CC3C2)cc1F. The maximum atomic E-state index is 14.3. The lowest BCUT2D eigenvalue weighted by molar-refractivity contribution is 0.0695. The molecule has 2 aliphatic rings. The van der Waals surface area contributed by atoms with Crippen LogP contribution in [0.15, 0.2) is 48.5 Å². The van der Waals surface area contributed by atoms with Gasteiger partial charge in [-0.3, -0.25) is 4.79 Å². The second-order valence-corrected chi connectivity index (χ2v) is 8.18. The third kappa shape index (κ3) is 2.82. The molecule has 4 rings (SSSR count). The number of halogens is 1. The van der Waals surface area contributed by atoms with E-state index in [0.29, 0.717) is 18.0 Å². The molecule has 0 bridgehead atoms. The van der Waals surface area contributed by atoms with Crippen LogP contribution in [0.5, 0.6) is 0 Å². The zero-order chi connectivity index (χ0) is 18.5. The number of carbonyl (C=O) groups is 1. The third-order valence-electron chi connectivity index (χ3n) is 6.01. The minimum atomic E-state index is -1.26. The van der Waals surface area contributed by atoms with E-state index in [2.05, 4.69) is 24.3 Å². The molecular weight excluding hydrogens is 329 g/mol. The summed E-state index contributed by atoms with van der Waals surface area (Å²) in [6, 6.07) is 14.9. The average molecular weight is 353 g/mol. The quantitative estimate of drug-likeness (QED) is 0.910. The number of benzene rings is 2. The van der Waals surface area contributed by atoms with Gasteiger partial charge in [-0.15, -0.1) is 0 Å². The van der Waals surface area contributed by atoms with Gasteiger partial charge in [0.15, 0.2) is 0 Å². The van der Waals surface area contributed by atoms with Crippen molar-refractivity contribution in [1.29, 1.82) is 0 Å². The monoisotopic (exact) mass is 353 g/mol. The molecule has 0 radical (unpaired) electrons. The molecule has 4 heteroatoms. The van der Waals surface area contributed by atoms with Crippen molar-refractivity contribution < 1.29 is 14.3 Å². The number of hydrogen-bond acceptors (Lipinski definition) is 2. The first-order valence-electron chi connectivity index (χ1n) is 9.18. The van der Waals surface area contributed by atoms with E-state index < -0.39 is 11.4 Å². The van der Waals surface area contributed by atoms with Gasteiger partial charge in [-0.25, -0.2) is 4.39 Å². The van der Waals surface area contributed by atoms with Crippen molar-refractivity contribution in [2.24, 2.45) is 5.92 Å². The van der Waals surface area contributed by atoms with Crippen LogP contribution in [0.3, 0.4) is 0 Å². The lowest BCUT2D eigenvalue weighted by Gasteiger charge is -2.32. The van der Waals surface area contributed by atoms with Crippen molar-refractivity contribution in [3.05, 3.63) is 71.0 Å². The Morgan fingerprint density at radius 2 is 1.96 bits per heavy atom. The molecule has 26 heavy (non-hydrogen) atoms. The molecule has 1 aliphatic heterocycles. The summed E-state index contributed by atoms with van der Waals surface area (Å²) in [5.41, 5.74) is 0.896. The average Bonchev–Trinajstić information content (AvgIpc) is 3.35. The van der Waals surface area contributed by atoms with Gasteiger partial charge in [0, 0.05) is 29.6 Å². The molecule has 3 nitrogen and oxygen atoms in total. The molecule has 2 fully saturated rings. The van der Waals surface area contributed by atoms with E-state index in [9.17, 15) is 14.3 Å². The number of likely N-dealkylation sites (tertiary alicyclic amines) is 1. The highest BCUT2D eigenvalue weighted by Gasteiger charge is 2.57. The van der Waals surface area contributed by atoms with Crippen molar-refractivity contribution >= 4 is 5.91 Å². The maximum Gasteiger partial charge on any atom is 0.253 e. The lowest BCUT2D eigenvalue weighted by Crippen LogP contribution is -2.40. The number of fused-ring (bicyclic) bond motifs is 1. The minimum Gasteiger partial charge on any atom is -0.386 e. The fourth-order valence-electron chi connectivity index (χ4n) is 4.40. The van der Waals surface area contributed by atoms with Gasteiger partial charge in [0.25, 0.3) is 5.91 Å². The number of rotatable bonds is 3. The smallest absolute Gasteiger partial charge is 0.253 e. The molecule has 1 N–H and O–H groups in total. The zero-order valence-corrected chi connectivity index (χ0v) is 15.2. The van der Waals surface area contributed by atoms with Crippen molar-refractivity contribution in [1.82, 2.24) is 4.90 Å². The number of nitrogens with zero attached hydrogens (tertiary/aromatic N) is 1. The van der Waals surface area contributed by atoms with Gasteiger partial charge in [-0.1, -0.05) is 36.4 Å². The van der Waals surface area contributed by atoms with Crippen LogP contribution in [0.1, 0.15) is 48.2 Å². The standard InChI is InChI=1S/C22H24FNO2/c1-21(2,26)18-9-8-15(12-19(18)23)20(25)24-11-10-22(13-17(22)14-24)16-6-4-3-5-7-16/h3-9,12,17,26H,10-11,13-14H2,1-2H3. The van der Waals surface area contributed by atoms with Crippen LogP contribution in [0, 0.1) is 11.7 Å². The summed E-state index contributed by atoms with van der Waals surface area (Å²) < 4.78 is 14.3. The predicted molar refractivity (Wildman–Crippen MR) is 98.4 cm³/mol. The number of piperidine rings is 1. The highest BCUT2D eigenvalue weighted by Crippen LogP contribution is 2.59. The van der Waals surface area contributed by atoms with Crippen molar-refractivity contribution in [2.45, 2.75) is 37.7 Å². The lowest BCUT2D eigenvalue weighted by atomic mass is 9.87. The fourth-order valence-corrected chi connectivity index (χ4v) is 4.40. The van der Waals surface area contributed by atoms with Crippen LogP contribution in [0.4, 0.5) is 4.39 Å². The molecule has 0 spiro atoms. The van der Waals surface area contributed by atoms with Gasteiger partial charge in [-0.05, 0) is 50.3 Å². The van der Waals surface area contributed by atoms with E-state index in [1.165, 1.54) is 31.5 Å². The zero-order valence-electron chi connectivity index (χ0n) is 15.2. The molecular formula is C22H24FNO2. The van der Waals surface area contributed by atoms with Crippen molar-refractivity contribution in [3.8, 4) is 0 Å². The van der Waals surface area contributed by atoms with E-state index in [4.69, 9.17) is 0 Å². The molecule has 1 saturated heterocycles. The molecule has 2 aromatic rings. The Morgan fingerprint density at radius 3 is 2.58 bits per heavy atom. The number of carbonyl (C=O) groups excluding carboxylic acids is 1. The Labute approximate surface area is 153 Å². The van der Waals surface area contributed by atoms with Crippen LogP contribution in [-0.2, 0) is 11.0 Å².